The quantitative estimate of drug-likeness (QED) is 0.358. The van der Waals surface area contributed by atoms with E-state index in [1.807, 2.05) is 25.1 Å². The fourth-order valence-corrected chi connectivity index (χ4v) is 3.17. The number of hydrogen-bond donors (Lipinski definition) is 2. The molecular formula is C20H23N3O4S. The van der Waals surface area contributed by atoms with Gasteiger partial charge in [0.25, 0.3) is 5.69 Å². The molecule has 0 aliphatic heterocycles. The predicted molar refractivity (Wildman–Crippen MR) is 112 cm³/mol. The van der Waals surface area contributed by atoms with E-state index in [-0.39, 0.29) is 23.3 Å². The number of rotatable bonds is 9. The first-order valence-corrected chi connectivity index (χ1v) is 9.95. The zero-order valence-electron chi connectivity index (χ0n) is 15.9. The minimum absolute atomic E-state index is 0.0251. The van der Waals surface area contributed by atoms with E-state index in [0.29, 0.717) is 17.8 Å². The molecule has 8 heteroatoms. The summed E-state index contributed by atoms with van der Waals surface area (Å²) in [5.74, 6) is -0.135. The van der Waals surface area contributed by atoms with Crippen molar-refractivity contribution in [1.82, 2.24) is 0 Å². The number of hydrogen-bond acceptors (Lipinski definition) is 5. The second-order valence-electron chi connectivity index (χ2n) is 6.27. The van der Waals surface area contributed by atoms with E-state index in [0.717, 1.165) is 23.3 Å². The molecule has 0 aromatic heterocycles. The number of unbranched alkanes of at least 4 members (excludes halogenated alkanes) is 1. The van der Waals surface area contributed by atoms with Crippen LogP contribution in [0, 0.1) is 17.0 Å². The van der Waals surface area contributed by atoms with Crippen molar-refractivity contribution < 1.29 is 14.5 Å². The first kappa shape index (κ1) is 21.4. The average Bonchev–Trinajstić information content (AvgIpc) is 2.66. The van der Waals surface area contributed by atoms with E-state index in [9.17, 15) is 19.7 Å². The number of nitro groups is 1. The van der Waals surface area contributed by atoms with Crippen molar-refractivity contribution >= 4 is 40.6 Å². The Balaban J connectivity index is 1.92. The van der Waals surface area contributed by atoms with Gasteiger partial charge in [-0.15, -0.1) is 11.8 Å². The summed E-state index contributed by atoms with van der Waals surface area (Å²) >= 11 is 1.33. The van der Waals surface area contributed by atoms with Gasteiger partial charge in [-0.1, -0.05) is 25.5 Å². The molecule has 7 nitrogen and oxygen atoms in total. The number of amides is 2. The van der Waals surface area contributed by atoms with Crippen LogP contribution >= 0.6 is 11.8 Å². The summed E-state index contributed by atoms with van der Waals surface area (Å²) in [5.41, 5.74) is 1.80. The SMILES string of the molecule is CCCCC(=O)Nc1cccc(SCC(=O)Nc2cc([N+](=O)[O-])ccc2C)c1. The fraction of sp³-hybridized carbons (Fsp3) is 0.300. The second kappa shape index (κ2) is 10.5. The van der Waals surface area contributed by atoms with Gasteiger partial charge in [-0.05, 0) is 37.1 Å². The third-order valence-electron chi connectivity index (χ3n) is 3.95. The molecule has 2 rings (SSSR count). The maximum absolute atomic E-state index is 12.2. The summed E-state index contributed by atoms with van der Waals surface area (Å²) in [5, 5.41) is 16.5. The molecule has 0 aliphatic carbocycles. The van der Waals surface area contributed by atoms with Crippen LogP contribution in [0.1, 0.15) is 31.7 Å². The Kier molecular flexibility index (Phi) is 8.01. The number of benzene rings is 2. The van der Waals surface area contributed by atoms with Gasteiger partial charge in [0.15, 0.2) is 0 Å². The minimum Gasteiger partial charge on any atom is -0.326 e. The summed E-state index contributed by atoms with van der Waals surface area (Å²) < 4.78 is 0. The summed E-state index contributed by atoms with van der Waals surface area (Å²) in [6.07, 6.45) is 2.29. The Labute approximate surface area is 168 Å². The normalized spacial score (nSPS) is 10.4. The second-order valence-corrected chi connectivity index (χ2v) is 7.32. The molecule has 0 heterocycles. The number of nitro benzene ring substituents is 1. The highest BCUT2D eigenvalue weighted by atomic mass is 32.2. The number of nitrogens with one attached hydrogen (secondary N) is 2. The van der Waals surface area contributed by atoms with E-state index in [1.54, 1.807) is 19.1 Å². The van der Waals surface area contributed by atoms with Gasteiger partial charge in [-0.3, -0.25) is 19.7 Å². The molecule has 28 heavy (non-hydrogen) atoms. The summed E-state index contributed by atoms with van der Waals surface area (Å²) in [4.78, 5) is 35.3. The molecule has 2 aromatic carbocycles. The first-order valence-electron chi connectivity index (χ1n) is 8.96. The topological polar surface area (TPSA) is 101 Å². The molecule has 0 unspecified atom stereocenters. The van der Waals surface area contributed by atoms with Gasteiger partial charge in [-0.25, -0.2) is 0 Å². The van der Waals surface area contributed by atoms with Crippen molar-refractivity contribution in [3.8, 4) is 0 Å². The van der Waals surface area contributed by atoms with Crippen LogP contribution in [0.25, 0.3) is 0 Å². The molecule has 0 aliphatic rings. The average molecular weight is 401 g/mol. The van der Waals surface area contributed by atoms with Crippen LogP contribution in [0.15, 0.2) is 47.4 Å². The van der Waals surface area contributed by atoms with Gasteiger partial charge in [0, 0.05) is 29.1 Å². The van der Waals surface area contributed by atoms with Crippen molar-refractivity contribution in [3.05, 3.63) is 58.1 Å². The van der Waals surface area contributed by atoms with Crippen LogP contribution < -0.4 is 10.6 Å². The third kappa shape index (κ3) is 6.70. The molecule has 148 valence electrons. The number of carbonyl (C=O) groups excluding carboxylic acids is 2. The van der Waals surface area contributed by atoms with Crippen molar-refractivity contribution in [1.29, 1.82) is 0 Å². The van der Waals surface area contributed by atoms with Gasteiger partial charge in [0.05, 0.1) is 16.4 Å². The van der Waals surface area contributed by atoms with Gasteiger partial charge >= 0.3 is 0 Å². The molecule has 0 atom stereocenters. The molecule has 0 spiro atoms. The Morgan fingerprint density at radius 2 is 1.89 bits per heavy atom. The minimum atomic E-state index is -0.496. The lowest BCUT2D eigenvalue weighted by atomic mass is 10.2. The Morgan fingerprint density at radius 1 is 1.11 bits per heavy atom. The summed E-state index contributed by atoms with van der Waals surface area (Å²) in [6, 6.07) is 11.7. The molecule has 2 amide bonds. The van der Waals surface area contributed by atoms with Gasteiger partial charge < -0.3 is 10.6 Å². The van der Waals surface area contributed by atoms with Crippen LogP contribution in [-0.2, 0) is 9.59 Å². The van der Waals surface area contributed by atoms with Gasteiger partial charge in [0.2, 0.25) is 11.8 Å². The number of anilines is 2. The lowest BCUT2D eigenvalue weighted by molar-refractivity contribution is -0.384. The van der Waals surface area contributed by atoms with Gasteiger partial charge in [0.1, 0.15) is 0 Å². The molecular weight excluding hydrogens is 378 g/mol. The highest BCUT2D eigenvalue weighted by Crippen LogP contribution is 2.24. The van der Waals surface area contributed by atoms with E-state index < -0.39 is 4.92 Å². The van der Waals surface area contributed by atoms with Crippen molar-refractivity contribution in [2.24, 2.45) is 0 Å². The maximum atomic E-state index is 12.2. The molecule has 2 aromatic rings. The predicted octanol–water partition coefficient (Wildman–Crippen LogP) is 4.76. The van der Waals surface area contributed by atoms with Crippen LogP contribution in [0.3, 0.4) is 0 Å². The largest absolute Gasteiger partial charge is 0.326 e. The van der Waals surface area contributed by atoms with E-state index in [4.69, 9.17) is 0 Å². The number of non-ortho nitro benzene ring substituents is 1. The molecule has 0 saturated heterocycles. The molecule has 0 bridgehead atoms. The molecule has 0 fully saturated rings. The zero-order chi connectivity index (χ0) is 20.5. The molecule has 0 saturated carbocycles. The zero-order valence-corrected chi connectivity index (χ0v) is 16.7. The van der Waals surface area contributed by atoms with E-state index in [2.05, 4.69) is 10.6 Å². The Bertz CT molecular complexity index is 870. The van der Waals surface area contributed by atoms with Crippen LogP contribution in [0.2, 0.25) is 0 Å². The first-order chi connectivity index (χ1) is 13.4. The number of carbonyl (C=O) groups is 2. The Hall–Kier alpha value is -2.87. The standard InChI is InChI=1S/C20H23N3O4S/c1-3-4-8-19(24)21-15-6-5-7-17(11-15)28-13-20(25)22-18-12-16(23(26)27)10-9-14(18)2/h5-7,9-12H,3-4,8,13H2,1-2H3,(H,21,24)(H,22,25). The van der Waals surface area contributed by atoms with Crippen molar-refractivity contribution in [2.45, 2.75) is 38.0 Å². The van der Waals surface area contributed by atoms with E-state index in [1.165, 1.54) is 23.9 Å². The van der Waals surface area contributed by atoms with Crippen molar-refractivity contribution in [3.63, 3.8) is 0 Å². The lowest BCUT2D eigenvalue weighted by Crippen LogP contribution is -2.15. The molecule has 0 radical (unpaired) electrons. The highest BCUT2D eigenvalue weighted by molar-refractivity contribution is 8.00. The smallest absolute Gasteiger partial charge is 0.271 e. The third-order valence-corrected chi connectivity index (χ3v) is 4.94. The number of thioether (sulfide) groups is 1. The fourth-order valence-electron chi connectivity index (χ4n) is 2.42. The highest BCUT2D eigenvalue weighted by Gasteiger charge is 2.11. The van der Waals surface area contributed by atoms with Crippen molar-refractivity contribution in [2.75, 3.05) is 16.4 Å². The lowest BCUT2D eigenvalue weighted by Gasteiger charge is -2.09. The Morgan fingerprint density at radius 3 is 2.61 bits per heavy atom. The van der Waals surface area contributed by atoms with Crippen LogP contribution in [0.4, 0.5) is 17.1 Å². The van der Waals surface area contributed by atoms with Crippen LogP contribution in [0.5, 0.6) is 0 Å². The van der Waals surface area contributed by atoms with E-state index >= 15 is 0 Å². The van der Waals surface area contributed by atoms with Gasteiger partial charge in [-0.2, -0.15) is 0 Å². The maximum Gasteiger partial charge on any atom is 0.271 e. The number of nitrogens with zero attached hydrogens (tertiary/aromatic N) is 1. The monoisotopic (exact) mass is 401 g/mol. The number of aryl methyl sites for hydroxylation is 1. The van der Waals surface area contributed by atoms with Crippen LogP contribution in [-0.4, -0.2) is 22.5 Å². The molecule has 2 N–H and O–H groups in total. The summed E-state index contributed by atoms with van der Waals surface area (Å²) in [6.45, 7) is 3.81. The summed E-state index contributed by atoms with van der Waals surface area (Å²) in [7, 11) is 0.